The summed E-state index contributed by atoms with van der Waals surface area (Å²) in [7, 11) is 1.66. The minimum atomic E-state index is 0.407. The Morgan fingerprint density at radius 3 is 2.50 bits per heavy atom. The molecule has 3 heteroatoms. The van der Waals surface area contributed by atoms with E-state index >= 15 is 0 Å². The number of benzene rings is 2. The smallest absolute Gasteiger partial charge is 0.118 e. The number of halogens is 1. The van der Waals surface area contributed by atoms with Gasteiger partial charge in [0.05, 0.1) is 24.4 Å². The number of nitrogens with zero attached hydrogens (tertiary/aromatic N) is 1. The van der Waals surface area contributed by atoms with Gasteiger partial charge in [-0.25, -0.2) is 0 Å². The lowest BCUT2D eigenvalue weighted by molar-refractivity contribution is 0.415. The van der Waals surface area contributed by atoms with Crippen molar-refractivity contribution in [2.45, 2.75) is 5.88 Å². The molecule has 0 aliphatic carbocycles. The Morgan fingerprint density at radius 1 is 1.05 bits per heavy atom. The van der Waals surface area contributed by atoms with Crippen molar-refractivity contribution in [3.63, 3.8) is 0 Å². The summed E-state index contributed by atoms with van der Waals surface area (Å²) in [6, 6.07) is 18.2. The van der Waals surface area contributed by atoms with Gasteiger partial charge in [0, 0.05) is 10.9 Å². The first kappa shape index (κ1) is 12.9. The first-order chi connectivity index (χ1) is 9.81. The van der Waals surface area contributed by atoms with Gasteiger partial charge in [-0.05, 0) is 35.7 Å². The van der Waals surface area contributed by atoms with Gasteiger partial charge in [0.1, 0.15) is 5.75 Å². The Labute approximate surface area is 123 Å². The van der Waals surface area contributed by atoms with Crippen molar-refractivity contribution in [1.82, 2.24) is 4.98 Å². The van der Waals surface area contributed by atoms with E-state index in [0.717, 1.165) is 33.5 Å². The number of methoxy groups -OCH3 is 1. The SMILES string of the molecule is COc1ccc(-c2cc3ccccc3c(CCl)n2)cc1. The minimum absolute atomic E-state index is 0.407. The molecule has 0 saturated heterocycles. The molecule has 0 unspecified atom stereocenters. The zero-order valence-corrected chi connectivity index (χ0v) is 11.9. The molecule has 0 amide bonds. The number of alkyl halides is 1. The lowest BCUT2D eigenvalue weighted by atomic mass is 10.1. The minimum Gasteiger partial charge on any atom is -0.497 e. The Hall–Kier alpha value is -2.06. The summed E-state index contributed by atoms with van der Waals surface area (Å²) in [5.74, 6) is 1.25. The molecule has 20 heavy (non-hydrogen) atoms. The lowest BCUT2D eigenvalue weighted by Crippen LogP contribution is -1.92. The van der Waals surface area contributed by atoms with Crippen LogP contribution in [-0.4, -0.2) is 12.1 Å². The highest BCUT2D eigenvalue weighted by Crippen LogP contribution is 2.26. The molecule has 0 bridgehead atoms. The average Bonchev–Trinajstić information content (AvgIpc) is 2.54. The van der Waals surface area contributed by atoms with Gasteiger partial charge in [-0.15, -0.1) is 11.6 Å². The monoisotopic (exact) mass is 283 g/mol. The third-order valence-corrected chi connectivity index (χ3v) is 3.58. The van der Waals surface area contributed by atoms with Crippen molar-refractivity contribution in [2.75, 3.05) is 7.11 Å². The summed E-state index contributed by atoms with van der Waals surface area (Å²) in [5.41, 5.74) is 2.90. The van der Waals surface area contributed by atoms with Crippen LogP contribution >= 0.6 is 11.6 Å². The summed E-state index contributed by atoms with van der Waals surface area (Å²) in [6.45, 7) is 0. The highest BCUT2D eigenvalue weighted by atomic mass is 35.5. The molecule has 0 N–H and O–H groups in total. The number of rotatable bonds is 3. The van der Waals surface area contributed by atoms with Crippen LogP contribution in [0.15, 0.2) is 54.6 Å². The number of hydrogen-bond donors (Lipinski definition) is 0. The molecule has 0 saturated carbocycles. The third-order valence-electron chi connectivity index (χ3n) is 3.33. The molecule has 2 nitrogen and oxygen atoms in total. The first-order valence-electron chi connectivity index (χ1n) is 6.41. The second-order valence-corrected chi connectivity index (χ2v) is 4.80. The van der Waals surface area contributed by atoms with E-state index in [1.165, 1.54) is 0 Å². The van der Waals surface area contributed by atoms with Gasteiger partial charge < -0.3 is 4.74 Å². The molecule has 3 aromatic rings. The van der Waals surface area contributed by atoms with E-state index in [2.05, 4.69) is 23.2 Å². The van der Waals surface area contributed by atoms with Crippen LogP contribution in [0.3, 0.4) is 0 Å². The molecule has 2 aromatic carbocycles. The van der Waals surface area contributed by atoms with E-state index in [9.17, 15) is 0 Å². The van der Waals surface area contributed by atoms with Crippen molar-refractivity contribution in [3.05, 3.63) is 60.3 Å². The highest BCUT2D eigenvalue weighted by Gasteiger charge is 2.07. The maximum atomic E-state index is 6.03. The Kier molecular flexibility index (Phi) is 3.57. The van der Waals surface area contributed by atoms with Crippen molar-refractivity contribution in [2.24, 2.45) is 0 Å². The van der Waals surface area contributed by atoms with Gasteiger partial charge in [-0.2, -0.15) is 0 Å². The topological polar surface area (TPSA) is 22.1 Å². The van der Waals surface area contributed by atoms with Crippen LogP contribution in [0.2, 0.25) is 0 Å². The van der Waals surface area contributed by atoms with E-state index in [-0.39, 0.29) is 0 Å². The highest BCUT2D eigenvalue weighted by molar-refractivity contribution is 6.17. The zero-order chi connectivity index (χ0) is 13.9. The van der Waals surface area contributed by atoms with E-state index in [1.54, 1.807) is 7.11 Å². The fraction of sp³-hybridized carbons (Fsp3) is 0.118. The van der Waals surface area contributed by atoms with Crippen LogP contribution in [0.1, 0.15) is 5.69 Å². The molecule has 0 aliphatic rings. The lowest BCUT2D eigenvalue weighted by Gasteiger charge is -2.08. The molecule has 0 aliphatic heterocycles. The predicted octanol–water partition coefficient (Wildman–Crippen LogP) is 4.65. The van der Waals surface area contributed by atoms with Crippen LogP contribution in [0.25, 0.3) is 22.0 Å². The van der Waals surface area contributed by atoms with Crippen LogP contribution < -0.4 is 4.74 Å². The average molecular weight is 284 g/mol. The number of aromatic nitrogens is 1. The quantitative estimate of drug-likeness (QED) is 0.653. The van der Waals surface area contributed by atoms with Crippen LogP contribution in [0.4, 0.5) is 0 Å². The molecule has 0 radical (unpaired) electrons. The second-order valence-electron chi connectivity index (χ2n) is 4.54. The Balaban J connectivity index is 2.15. The largest absolute Gasteiger partial charge is 0.497 e. The maximum absolute atomic E-state index is 6.03. The summed E-state index contributed by atoms with van der Waals surface area (Å²) >= 11 is 6.03. The van der Waals surface area contributed by atoms with Gasteiger partial charge in [0.25, 0.3) is 0 Å². The van der Waals surface area contributed by atoms with E-state index in [4.69, 9.17) is 16.3 Å². The fourth-order valence-electron chi connectivity index (χ4n) is 2.28. The van der Waals surface area contributed by atoms with Gasteiger partial charge in [-0.3, -0.25) is 4.98 Å². The molecule has 0 atom stereocenters. The molecule has 100 valence electrons. The first-order valence-corrected chi connectivity index (χ1v) is 6.94. The number of hydrogen-bond acceptors (Lipinski definition) is 2. The normalized spacial score (nSPS) is 10.7. The second kappa shape index (κ2) is 5.51. The fourth-order valence-corrected chi connectivity index (χ4v) is 2.49. The van der Waals surface area contributed by atoms with Crippen LogP contribution in [0, 0.1) is 0 Å². The summed E-state index contributed by atoms with van der Waals surface area (Å²) in [6.07, 6.45) is 0. The Morgan fingerprint density at radius 2 is 1.80 bits per heavy atom. The Bertz CT molecular complexity index is 738. The molecule has 0 fully saturated rings. The number of pyridine rings is 1. The van der Waals surface area contributed by atoms with Crippen molar-refractivity contribution in [1.29, 1.82) is 0 Å². The van der Waals surface area contributed by atoms with Gasteiger partial charge in [0.15, 0.2) is 0 Å². The molecule has 0 spiro atoms. The predicted molar refractivity (Wildman–Crippen MR) is 83.3 cm³/mol. The maximum Gasteiger partial charge on any atom is 0.118 e. The van der Waals surface area contributed by atoms with Crippen LogP contribution in [-0.2, 0) is 5.88 Å². The van der Waals surface area contributed by atoms with Crippen molar-refractivity contribution >= 4 is 22.4 Å². The number of ether oxygens (including phenoxy) is 1. The molecular weight excluding hydrogens is 270 g/mol. The van der Waals surface area contributed by atoms with E-state index in [1.807, 2.05) is 36.4 Å². The molecule has 3 rings (SSSR count). The van der Waals surface area contributed by atoms with Crippen molar-refractivity contribution < 1.29 is 4.74 Å². The standard InChI is InChI=1S/C17H14ClNO/c1-20-14-8-6-12(7-9-14)16-10-13-4-2-3-5-15(13)17(11-18)19-16/h2-10H,11H2,1H3. The number of fused-ring (bicyclic) bond motifs is 1. The van der Waals surface area contributed by atoms with Gasteiger partial charge in [-0.1, -0.05) is 24.3 Å². The molecule has 1 aromatic heterocycles. The summed E-state index contributed by atoms with van der Waals surface area (Å²) in [5, 5.41) is 2.27. The summed E-state index contributed by atoms with van der Waals surface area (Å²) in [4.78, 5) is 4.67. The van der Waals surface area contributed by atoms with E-state index in [0.29, 0.717) is 5.88 Å². The zero-order valence-electron chi connectivity index (χ0n) is 11.1. The summed E-state index contributed by atoms with van der Waals surface area (Å²) < 4.78 is 5.18. The molecular formula is C17H14ClNO. The van der Waals surface area contributed by atoms with E-state index < -0.39 is 0 Å². The molecule has 1 heterocycles. The van der Waals surface area contributed by atoms with Gasteiger partial charge in [0.2, 0.25) is 0 Å². The van der Waals surface area contributed by atoms with Crippen LogP contribution in [0.5, 0.6) is 5.75 Å². The third kappa shape index (κ3) is 2.35. The van der Waals surface area contributed by atoms with Gasteiger partial charge >= 0.3 is 0 Å². The van der Waals surface area contributed by atoms with Crippen molar-refractivity contribution in [3.8, 4) is 17.0 Å².